The van der Waals surface area contributed by atoms with Crippen LogP contribution in [0.2, 0.25) is 0 Å². The maximum atomic E-state index is 12.3. The highest BCUT2D eigenvalue weighted by atomic mass is 16.5. The van der Waals surface area contributed by atoms with E-state index < -0.39 is 0 Å². The highest BCUT2D eigenvalue weighted by molar-refractivity contribution is 6.01. The van der Waals surface area contributed by atoms with Gasteiger partial charge in [-0.2, -0.15) is 0 Å². The Hall–Kier alpha value is -1.55. The summed E-state index contributed by atoms with van der Waals surface area (Å²) in [6.07, 6.45) is 2.02. The number of anilines is 1. The molecular formula is C15H20N2O2. The summed E-state index contributed by atoms with van der Waals surface area (Å²) in [5.41, 5.74) is 1.48. The lowest BCUT2D eigenvalue weighted by Gasteiger charge is -2.33. The molecule has 4 nitrogen and oxygen atoms in total. The number of hydrogen-bond acceptors (Lipinski definition) is 4. The van der Waals surface area contributed by atoms with Gasteiger partial charge in [-0.15, -0.1) is 0 Å². The van der Waals surface area contributed by atoms with E-state index in [1.54, 1.807) is 0 Å². The monoisotopic (exact) mass is 260 g/mol. The van der Waals surface area contributed by atoms with Crippen LogP contribution in [0.3, 0.4) is 0 Å². The highest BCUT2D eigenvalue weighted by Gasteiger charge is 2.28. The molecule has 2 aliphatic rings. The fourth-order valence-corrected chi connectivity index (χ4v) is 2.66. The van der Waals surface area contributed by atoms with Crippen LogP contribution in [0.1, 0.15) is 37.0 Å². The first-order valence-electron chi connectivity index (χ1n) is 6.90. The Kier molecular flexibility index (Phi) is 2.97. The molecule has 0 aliphatic carbocycles. The molecule has 0 radical (unpaired) electrons. The van der Waals surface area contributed by atoms with Crippen molar-refractivity contribution >= 4 is 11.5 Å². The van der Waals surface area contributed by atoms with Gasteiger partial charge < -0.3 is 15.4 Å². The number of ketones is 1. The largest absolute Gasteiger partial charge is 0.484 e. The molecule has 0 aromatic heterocycles. The topological polar surface area (TPSA) is 50.4 Å². The molecule has 1 saturated heterocycles. The Morgan fingerprint density at radius 2 is 2.26 bits per heavy atom. The third-order valence-corrected chi connectivity index (χ3v) is 3.73. The molecule has 2 aliphatic heterocycles. The van der Waals surface area contributed by atoms with Crippen LogP contribution < -0.4 is 15.4 Å². The van der Waals surface area contributed by atoms with Crippen molar-refractivity contribution in [2.75, 3.05) is 18.4 Å². The van der Waals surface area contributed by atoms with E-state index in [4.69, 9.17) is 4.74 Å². The first-order chi connectivity index (χ1) is 9.05. The summed E-state index contributed by atoms with van der Waals surface area (Å²) in [5.74, 6) is 1.01. The molecule has 0 saturated carbocycles. The number of carbonyl (C=O) groups is 1. The van der Waals surface area contributed by atoms with Gasteiger partial charge in [-0.3, -0.25) is 4.79 Å². The van der Waals surface area contributed by atoms with E-state index in [2.05, 4.69) is 10.6 Å². The predicted octanol–water partition coefficient (Wildman–Crippen LogP) is 2.20. The standard InChI is InChI=1S/C15H20N2O2/c1-15(2)9-17-12-8-10(5-6-13(12)19-15)14(18)11-4-3-7-16-11/h5-6,8,11,16-17H,3-4,7,9H2,1-2H3. The molecule has 4 heteroatoms. The number of nitrogens with one attached hydrogen (secondary N) is 2. The quantitative estimate of drug-likeness (QED) is 0.800. The van der Waals surface area contributed by atoms with E-state index in [0.717, 1.165) is 42.9 Å². The van der Waals surface area contributed by atoms with Gasteiger partial charge in [0, 0.05) is 5.56 Å². The maximum absolute atomic E-state index is 12.3. The van der Waals surface area contributed by atoms with Crippen LogP contribution in [0.4, 0.5) is 5.69 Å². The van der Waals surface area contributed by atoms with E-state index in [0.29, 0.717) is 0 Å². The SMILES string of the molecule is CC1(C)CNc2cc(C(=O)C3CCCN3)ccc2O1. The van der Waals surface area contributed by atoms with E-state index in [-0.39, 0.29) is 17.4 Å². The summed E-state index contributed by atoms with van der Waals surface area (Å²) >= 11 is 0. The minimum absolute atomic E-state index is 0.0148. The van der Waals surface area contributed by atoms with Crippen LogP contribution in [-0.4, -0.2) is 30.5 Å². The van der Waals surface area contributed by atoms with Crippen LogP contribution in [0.15, 0.2) is 18.2 Å². The zero-order valence-corrected chi connectivity index (χ0v) is 11.5. The summed E-state index contributed by atoms with van der Waals surface area (Å²) in [4.78, 5) is 12.3. The number of ether oxygens (including phenoxy) is 1. The van der Waals surface area contributed by atoms with Gasteiger partial charge in [0.15, 0.2) is 5.78 Å². The number of rotatable bonds is 2. The second-order valence-corrected chi connectivity index (χ2v) is 5.94. The van der Waals surface area contributed by atoms with Crippen molar-refractivity contribution in [3.05, 3.63) is 23.8 Å². The summed E-state index contributed by atoms with van der Waals surface area (Å²) in [7, 11) is 0. The number of carbonyl (C=O) groups excluding carboxylic acids is 1. The molecule has 1 unspecified atom stereocenters. The van der Waals surface area contributed by atoms with Crippen molar-refractivity contribution in [2.24, 2.45) is 0 Å². The van der Waals surface area contributed by atoms with E-state index >= 15 is 0 Å². The Bertz CT molecular complexity index is 505. The molecule has 102 valence electrons. The highest BCUT2D eigenvalue weighted by Crippen LogP contribution is 2.33. The van der Waals surface area contributed by atoms with Crippen molar-refractivity contribution in [2.45, 2.75) is 38.3 Å². The smallest absolute Gasteiger partial charge is 0.179 e. The lowest BCUT2D eigenvalue weighted by molar-refractivity contribution is 0.0952. The fourth-order valence-electron chi connectivity index (χ4n) is 2.66. The zero-order valence-electron chi connectivity index (χ0n) is 11.5. The first kappa shape index (κ1) is 12.5. The second-order valence-electron chi connectivity index (χ2n) is 5.94. The lowest BCUT2D eigenvalue weighted by atomic mass is 10.0. The number of fused-ring (bicyclic) bond motifs is 1. The molecule has 0 spiro atoms. The fraction of sp³-hybridized carbons (Fsp3) is 0.533. The minimum atomic E-state index is -0.203. The number of Topliss-reactive ketones (excluding diaryl/α,β-unsaturated/α-hetero) is 1. The van der Waals surface area contributed by atoms with Gasteiger partial charge in [-0.1, -0.05) is 0 Å². The van der Waals surface area contributed by atoms with Gasteiger partial charge in [-0.25, -0.2) is 0 Å². The van der Waals surface area contributed by atoms with Gasteiger partial charge in [0.25, 0.3) is 0 Å². The predicted molar refractivity (Wildman–Crippen MR) is 75.0 cm³/mol. The molecule has 0 amide bonds. The third kappa shape index (κ3) is 2.45. The van der Waals surface area contributed by atoms with Gasteiger partial charge in [0.05, 0.1) is 18.3 Å². The van der Waals surface area contributed by atoms with Gasteiger partial charge >= 0.3 is 0 Å². The third-order valence-electron chi connectivity index (χ3n) is 3.73. The second kappa shape index (κ2) is 4.53. The average Bonchev–Trinajstić information content (AvgIpc) is 2.90. The Labute approximate surface area is 113 Å². The Morgan fingerprint density at radius 1 is 1.42 bits per heavy atom. The summed E-state index contributed by atoms with van der Waals surface area (Å²) in [5, 5.41) is 6.59. The summed E-state index contributed by atoms with van der Waals surface area (Å²) in [6.45, 7) is 5.78. The zero-order chi connectivity index (χ0) is 13.5. The van der Waals surface area contributed by atoms with Crippen molar-refractivity contribution in [3.8, 4) is 5.75 Å². The molecule has 1 fully saturated rings. The number of benzene rings is 1. The Morgan fingerprint density at radius 3 is 3.00 bits per heavy atom. The molecule has 19 heavy (non-hydrogen) atoms. The van der Waals surface area contributed by atoms with Gasteiger partial charge in [-0.05, 0) is 51.4 Å². The molecular weight excluding hydrogens is 240 g/mol. The van der Waals surface area contributed by atoms with E-state index in [1.807, 2.05) is 32.0 Å². The molecule has 1 atom stereocenters. The minimum Gasteiger partial charge on any atom is -0.484 e. The normalized spacial score (nSPS) is 24.2. The summed E-state index contributed by atoms with van der Waals surface area (Å²) < 4.78 is 5.89. The number of hydrogen-bond donors (Lipinski definition) is 2. The van der Waals surface area contributed by atoms with Crippen LogP contribution in [0, 0.1) is 0 Å². The van der Waals surface area contributed by atoms with Gasteiger partial charge in [0.1, 0.15) is 11.4 Å². The summed E-state index contributed by atoms with van der Waals surface area (Å²) in [6, 6.07) is 5.65. The van der Waals surface area contributed by atoms with Crippen LogP contribution >= 0.6 is 0 Å². The van der Waals surface area contributed by atoms with Crippen LogP contribution in [0.5, 0.6) is 5.75 Å². The van der Waals surface area contributed by atoms with Crippen molar-refractivity contribution < 1.29 is 9.53 Å². The molecule has 0 bridgehead atoms. The molecule has 2 heterocycles. The van der Waals surface area contributed by atoms with Crippen molar-refractivity contribution in [1.29, 1.82) is 0 Å². The van der Waals surface area contributed by atoms with E-state index in [9.17, 15) is 4.79 Å². The van der Waals surface area contributed by atoms with Gasteiger partial charge in [0.2, 0.25) is 0 Å². The maximum Gasteiger partial charge on any atom is 0.179 e. The first-order valence-corrected chi connectivity index (χ1v) is 6.90. The molecule has 1 aromatic rings. The Balaban J connectivity index is 1.84. The van der Waals surface area contributed by atoms with Crippen LogP contribution in [0.25, 0.3) is 0 Å². The lowest BCUT2D eigenvalue weighted by Crippen LogP contribution is -2.40. The van der Waals surface area contributed by atoms with Crippen molar-refractivity contribution in [1.82, 2.24) is 5.32 Å². The van der Waals surface area contributed by atoms with Crippen molar-refractivity contribution in [3.63, 3.8) is 0 Å². The average molecular weight is 260 g/mol. The van der Waals surface area contributed by atoms with E-state index in [1.165, 1.54) is 0 Å². The molecule has 3 rings (SSSR count). The molecule has 2 N–H and O–H groups in total. The molecule has 1 aromatic carbocycles. The van der Waals surface area contributed by atoms with Crippen LogP contribution in [-0.2, 0) is 0 Å².